The topological polar surface area (TPSA) is 222 Å². The number of nitrogens with one attached hydrogen (secondary N) is 1. The van der Waals surface area contributed by atoms with Gasteiger partial charge in [-0.2, -0.15) is 0 Å². The van der Waals surface area contributed by atoms with Crippen LogP contribution >= 0.6 is 15.6 Å². The number of aromatic nitrogens is 2. The summed E-state index contributed by atoms with van der Waals surface area (Å²) in [4.78, 5) is 49.5. The molecule has 214 valence electrons. The summed E-state index contributed by atoms with van der Waals surface area (Å²) >= 11 is 0. The smallest absolute Gasteiger partial charge is 0.478 e. The van der Waals surface area contributed by atoms with Gasteiger partial charge in [-0.3, -0.25) is 28.0 Å². The molecule has 3 heterocycles. The lowest BCUT2D eigenvalue weighted by molar-refractivity contribution is -0.270. The Morgan fingerprint density at radius 2 is 1.89 bits per heavy atom. The zero-order valence-corrected chi connectivity index (χ0v) is 21.7. The molecule has 0 aromatic carbocycles. The van der Waals surface area contributed by atoms with Gasteiger partial charge >= 0.3 is 13.5 Å². The minimum Gasteiger partial charge on any atom is -0.756 e. The van der Waals surface area contributed by atoms with Gasteiger partial charge in [0.15, 0.2) is 6.29 Å². The number of nitrogens with zero attached hydrogens (tertiary/aromatic N) is 2. The molecule has 2 saturated heterocycles. The van der Waals surface area contributed by atoms with Gasteiger partial charge in [0.2, 0.25) is 0 Å². The molecule has 4 unspecified atom stereocenters. The molecule has 3 rings (SSSR count). The van der Waals surface area contributed by atoms with Gasteiger partial charge in [-0.05, 0) is 34.4 Å². The number of aliphatic hydroxyl groups excluding tert-OH is 2. The maximum Gasteiger partial charge on any atom is 0.478 e. The van der Waals surface area contributed by atoms with Crippen LogP contribution in [-0.4, -0.2) is 87.0 Å². The highest BCUT2D eigenvalue weighted by atomic mass is 31.3. The van der Waals surface area contributed by atoms with Crippen LogP contribution in [0.1, 0.15) is 39.0 Å². The average molecular weight is 574 g/mol. The Morgan fingerprint density at radius 3 is 2.51 bits per heavy atom. The third-order valence-electron chi connectivity index (χ3n) is 5.77. The summed E-state index contributed by atoms with van der Waals surface area (Å²) in [5.41, 5.74) is -1.16. The number of rotatable bonds is 9. The molecule has 0 aliphatic carbocycles. The number of phosphoric ester groups is 2. The molecule has 37 heavy (non-hydrogen) atoms. The van der Waals surface area contributed by atoms with E-state index in [0.29, 0.717) is 6.42 Å². The summed E-state index contributed by atoms with van der Waals surface area (Å²) in [7, 11) is -7.49. The lowest BCUT2D eigenvalue weighted by Crippen LogP contribution is -2.54. The highest BCUT2D eigenvalue weighted by molar-refractivity contribution is 7.60. The van der Waals surface area contributed by atoms with Crippen molar-refractivity contribution in [1.82, 2.24) is 14.5 Å². The predicted octanol–water partition coefficient (Wildman–Crippen LogP) is -0.826. The molecular weight excluding hydrogens is 540 g/mol. The van der Waals surface area contributed by atoms with Crippen molar-refractivity contribution in [1.29, 1.82) is 0 Å². The summed E-state index contributed by atoms with van der Waals surface area (Å²) in [5.74, 6) is 0. The van der Waals surface area contributed by atoms with Crippen molar-refractivity contribution in [2.24, 2.45) is 0 Å². The number of aromatic amines is 1. The van der Waals surface area contributed by atoms with E-state index < -0.39 is 76.5 Å². The van der Waals surface area contributed by atoms with Crippen molar-refractivity contribution in [2.75, 3.05) is 20.7 Å². The molecule has 2 aliphatic rings. The summed E-state index contributed by atoms with van der Waals surface area (Å²) in [6.07, 6.45) is -5.62. The number of aliphatic hydroxyl groups is 2. The van der Waals surface area contributed by atoms with Crippen LogP contribution in [0, 0.1) is 6.92 Å². The van der Waals surface area contributed by atoms with Gasteiger partial charge < -0.3 is 34.4 Å². The van der Waals surface area contributed by atoms with Crippen LogP contribution in [-0.2, 0) is 32.0 Å². The zero-order valence-electron chi connectivity index (χ0n) is 20.0. The number of hydrogen-bond donors (Lipinski definition) is 4. The molecule has 18 heteroatoms. The summed E-state index contributed by atoms with van der Waals surface area (Å²) in [6, 6.07) is -0.511. The van der Waals surface area contributed by atoms with Crippen LogP contribution in [0.3, 0.4) is 0 Å². The van der Waals surface area contributed by atoms with E-state index in [1.807, 2.05) is 0 Å². The Morgan fingerprint density at radius 1 is 1.24 bits per heavy atom. The van der Waals surface area contributed by atoms with E-state index in [2.05, 4.69) is 13.8 Å². The molecule has 0 saturated carbocycles. The normalized spacial score (nSPS) is 33.5. The van der Waals surface area contributed by atoms with E-state index in [1.165, 1.54) is 13.1 Å². The van der Waals surface area contributed by atoms with Crippen LogP contribution in [0.5, 0.6) is 0 Å². The lowest BCUT2D eigenvalue weighted by Gasteiger charge is -2.42. The first-order chi connectivity index (χ1) is 16.6. The molecule has 0 spiro atoms. The van der Waals surface area contributed by atoms with Gasteiger partial charge in [0.25, 0.3) is 13.4 Å². The van der Waals surface area contributed by atoms with Gasteiger partial charge in [-0.15, -0.1) is 0 Å². The van der Waals surface area contributed by atoms with Crippen molar-refractivity contribution in [3.8, 4) is 0 Å². The molecule has 0 radical (unpaired) electrons. The Bertz CT molecular complexity index is 1140. The number of likely N-dealkylation sites (N-methyl/N-ethyl adjacent to an activating group) is 1. The average Bonchev–Trinajstić information content (AvgIpc) is 3.10. The molecular formula is C19H34N3O13P2-. The molecule has 1 aromatic rings. The van der Waals surface area contributed by atoms with Gasteiger partial charge in [-0.25, -0.2) is 13.7 Å². The second kappa shape index (κ2) is 12.3. The summed E-state index contributed by atoms with van der Waals surface area (Å²) < 4.78 is 49.9. The van der Waals surface area contributed by atoms with E-state index in [9.17, 15) is 38.7 Å². The van der Waals surface area contributed by atoms with Crippen LogP contribution < -0.4 is 16.1 Å². The maximum atomic E-state index is 12.3. The minimum absolute atomic E-state index is 0. The summed E-state index contributed by atoms with van der Waals surface area (Å²) in [6.45, 7) is 2.31. The van der Waals surface area contributed by atoms with Crippen LogP contribution in [0.25, 0.3) is 0 Å². The Kier molecular flexibility index (Phi) is 10.6. The first-order valence-corrected chi connectivity index (χ1v) is 13.9. The van der Waals surface area contributed by atoms with Crippen LogP contribution in [0.2, 0.25) is 0 Å². The fourth-order valence-corrected chi connectivity index (χ4v) is 6.05. The van der Waals surface area contributed by atoms with Crippen molar-refractivity contribution in [3.05, 3.63) is 32.6 Å². The third kappa shape index (κ3) is 8.12. The van der Waals surface area contributed by atoms with Gasteiger partial charge in [-0.1, -0.05) is 7.43 Å². The third-order valence-corrected chi connectivity index (χ3v) is 8.34. The second-order valence-electron chi connectivity index (χ2n) is 8.88. The van der Waals surface area contributed by atoms with E-state index in [1.54, 1.807) is 25.9 Å². The van der Waals surface area contributed by atoms with Gasteiger partial charge in [0, 0.05) is 24.2 Å². The standard InChI is InChI=1S/C18H31N3O13P2.CH4/c1-9-7-21(18(25)19-16(9)24)14-6-12(22)13(32-14)8-30-35(26,27)34-36(28,29)33-17-15(23)11(20(3)4)5-10(2)31-17;/h7,10-15,17,22-23H,5-6,8H2,1-4H3,(H,26,27)(H,28,29)(H,19,24,25);1H4/p-1/t10?,11-,12+,13+,14+,15?,17+;/m0./s1. The lowest BCUT2D eigenvalue weighted by atomic mass is 9.99. The fourth-order valence-electron chi connectivity index (χ4n) is 3.93. The quantitative estimate of drug-likeness (QED) is 0.265. The molecule has 1 aromatic heterocycles. The van der Waals surface area contributed by atoms with E-state index >= 15 is 0 Å². The van der Waals surface area contributed by atoms with E-state index in [4.69, 9.17) is 14.0 Å². The van der Waals surface area contributed by atoms with Gasteiger partial charge in [0.1, 0.15) is 18.4 Å². The number of hydrogen-bond acceptors (Lipinski definition) is 13. The summed E-state index contributed by atoms with van der Waals surface area (Å²) in [5, 5.41) is 20.6. The molecule has 0 amide bonds. The maximum absolute atomic E-state index is 12.3. The molecule has 9 atom stereocenters. The highest BCUT2D eigenvalue weighted by Crippen LogP contribution is 2.59. The monoisotopic (exact) mass is 574 g/mol. The first-order valence-electron chi connectivity index (χ1n) is 10.9. The minimum atomic E-state index is -5.53. The van der Waals surface area contributed by atoms with Crippen molar-refractivity contribution >= 4 is 15.6 Å². The molecule has 16 nitrogen and oxygen atoms in total. The SMILES string of the molecule is C.Cc1cn([C@H]2C[C@@H](O)[C@@H](COP(=O)(O)OP(=O)([O-])O[C@H]3OC(C)C[C@H](N(C)C)C3O)O2)c(=O)[nH]c1=O. The van der Waals surface area contributed by atoms with Crippen molar-refractivity contribution in [3.63, 3.8) is 0 Å². The van der Waals surface area contributed by atoms with E-state index in [-0.39, 0.29) is 19.4 Å². The fraction of sp³-hybridized carbons (Fsp3) is 0.789. The first kappa shape index (κ1) is 32.0. The van der Waals surface area contributed by atoms with Crippen LogP contribution in [0.4, 0.5) is 0 Å². The van der Waals surface area contributed by atoms with Gasteiger partial charge in [0.05, 0.1) is 18.8 Å². The largest absolute Gasteiger partial charge is 0.756 e. The molecule has 2 fully saturated rings. The number of H-pyrrole nitrogens is 1. The highest BCUT2D eigenvalue weighted by Gasteiger charge is 2.42. The molecule has 2 aliphatic heterocycles. The number of phosphoric acid groups is 2. The molecule has 4 N–H and O–H groups in total. The van der Waals surface area contributed by atoms with Crippen LogP contribution in [0.15, 0.2) is 15.8 Å². The Balaban J connectivity index is 0.00000481. The van der Waals surface area contributed by atoms with E-state index in [0.717, 1.165) is 4.57 Å². The predicted molar refractivity (Wildman–Crippen MR) is 125 cm³/mol. The Hall–Kier alpha value is -1.26. The van der Waals surface area contributed by atoms with Crippen molar-refractivity contribution < 1.29 is 52.0 Å². The number of ether oxygens (including phenoxy) is 2. The Labute approximate surface area is 212 Å². The molecule has 0 bridgehead atoms. The second-order valence-corrected chi connectivity index (χ2v) is 11.8. The van der Waals surface area contributed by atoms with Crippen molar-refractivity contribution in [2.45, 2.75) is 77.1 Å². The zero-order chi connectivity index (χ0) is 27.0. The number of aryl methyl sites for hydroxylation is 1.